The number of carbonyl (C=O) groups is 1. The number of anilines is 1. The maximum absolute atomic E-state index is 12.6. The molecule has 1 aliphatic rings. The third-order valence-electron chi connectivity index (χ3n) is 4.93. The molecule has 3 aromatic rings. The van der Waals surface area contributed by atoms with E-state index in [9.17, 15) is 4.79 Å². The molecule has 0 atom stereocenters. The summed E-state index contributed by atoms with van der Waals surface area (Å²) >= 11 is 0. The van der Waals surface area contributed by atoms with Gasteiger partial charge in [0, 0.05) is 30.2 Å². The summed E-state index contributed by atoms with van der Waals surface area (Å²) in [5.41, 5.74) is 2.97. The molecule has 8 heteroatoms. The molecule has 1 saturated heterocycles. The normalized spacial score (nSPS) is 14.4. The lowest BCUT2D eigenvalue weighted by Gasteiger charge is -2.31. The number of piperidine rings is 1. The van der Waals surface area contributed by atoms with Gasteiger partial charge in [0.1, 0.15) is 5.65 Å². The van der Waals surface area contributed by atoms with Crippen LogP contribution < -0.4 is 5.32 Å². The number of fused-ring (bicyclic) bond motifs is 1. The topological polar surface area (TPSA) is 92.5 Å². The molecule has 1 aliphatic heterocycles. The number of aromatic nitrogens is 2. The molecule has 28 heavy (non-hydrogen) atoms. The van der Waals surface area contributed by atoms with E-state index >= 15 is 0 Å². The van der Waals surface area contributed by atoms with E-state index in [4.69, 9.17) is 0 Å². The van der Waals surface area contributed by atoms with Gasteiger partial charge in [0.05, 0.1) is 5.69 Å². The highest BCUT2D eigenvalue weighted by atomic mass is 35.5. The number of hydrogen-bond acceptors (Lipinski definition) is 3. The Morgan fingerprint density at radius 2 is 1.82 bits per heavy atom. The summed E-state index contributed by atoms with van der Waals surface area (Å²) in [6, 6.07) is 14.3. The Morgan fingerprint density at radius 3 is 2.54 bits per heavy atom. The molecule has 0 unspecified atom stereocenters. The number of halogens is 2. The van der Waals surface area contributed by atoms with Crippen molar-refractivity contribution in [1.29, 1.82) is 0 Å². The molecule has 6 nitrogen and oxygen atoms in total. The fourth-order valence-corrected chi connectivity index (χ4v) is 3.50. The molecule has 1 amide bonds. The van der Waals surface area contributed by atoms with Crippen molar-refractivity contribution in [2.45, 2.75) is 19.4 Å². The van der Waals surface area contributed by atoms with Crippen molar-refractivity contribution in [3.8, 4) is 0 Å². The van der Waals surface area contributed by atoms with E-state index in [2.05, 4.69) is 44.5 Å². The third-order valence-corrected chi connectivity index (χ3v) is 4.93. The molecule has 1 aromatic carbocycles. The smallest absolute Gasteiger partial charge is 0.227 e. The molecule has 0 radical (unpaired) electrons. The van der Waals surface area contributed by atoms with Crippen LogP contribution in [0.1, 0.15) is 18.4 Å². The Labute approximate surface area is 176 Å². The van der Waals surface area contributed by atoms with Crippen molar-refractivity contribution in [2.75, 3.05) is 18.4 Å². The number of rotatable bonds is 4. The molecule has 0 spiro atoms. The fourth-order valence-electron chi connectivity index (χ4n) is 3.50. The minimum Gasteiger partial charge on any atom is -0.412 e. The van der Waals surface area contributed by atoms with Gasteiger partial charge < -0.3 is 15.8 Å². The van der Waals surface area contributed by atoms with E-state index in [0.29, 0.717) is 0 Å². The average molecular weight is 425 g/mol. The number of nitrogens with zero attached hydrogens (tertiary/aromatic N) is 2. The Hall–Kier alpha value is -2.12. The van der Waals surface area contributed by atoms with Crippen molar-refractivity contribution in [1.82, 2.24) is 14.9 Å². The molecule has 0 bridgehead atoms. The standard InChI is InChI=1S/C20H22N4O.2ClH.H2O/c25-20(23-18-7-11-22-19-17(18)6-10-21-19)16-8-12-24(13-9-16)14-15-4-2-1-3-5-15;;;/h1-7,10-11,16H,8-9,12-14H2,(H2,21,22,23,25);2*1H;1H2. The number of carbonyl (C=O) groups excluding carboxylic acids is 1. The molecule has 0 saturated carbocycles. The number of H-pyrrole nitrogens is 1. The number of hydrogen-bond donors (Lipinski definition) is 2. The summed E-state index contributed by atoms with van der Waals surface area (Å²) in [6.07, 6.45) is 5.37. The second kappa shape index (κ2) is 11.0. The van der Waals surface area contributed by atoms with Crippen LogP contribution >= 0.6 is 24.8 Å². The Morgan fingerprint density at radius 1 is 1.11 bits per heavy atom. The molecule has 2 aromatic heterocycles. The first-order valence-electron chi connectivity index (χ1n) is 8.79. The molecular formula is C20H26Cl2N4O2. The van der Waals surface area contributed by atoms with Crippen molar-refractivity contribution >= 4 is 47.4 Å². The monoisotopic (exact) mass is 424 g/mol. The van der Waals surface area contributed by atoms with Gasteiger partial charge in [-0.05, 0) is 43.6 Å². The summed E-state index contributed by atoms with van der Waals surface area (Å²) in [4.78, 5) is 22.4. The average Bonchev–Trinajstić information content (AvgIpc) is 3.13. The van der Waals surface area contributed by atoms with E-state index in [0.717, 1.165) is 49.2 Å². The van der Waals surface area contributed by atoms with Crippen molar-refractivity contribution in [2.24, 2.45) is 5.92 Å². The molecule has 152 valence electrons. The summed E-state index contributed by atoms with van der Waals surface area (Å²) < 4.78 is 0. The van der Waals surface area contributed by atoms with E-state index < -0.39 is 0 Å². The van der Waals surface area contributed by atoms with Gasteiger partial charge in [0.25, 0.3) is 0 Å². The fraction of sp³-hybridized carbons (Fsp3) is 0.300. The lowest BCUT2D eigenvalue weighted by atomic mass is 9.95. The zero-order chi connectivity index (χ0) is 17.1. The predicted octanol–water partition coefficient (Wildman–Crippen LogP) is 3.43. The summed E-state index contributed by atoms with van der Waals surface area (Å²) in [5.74, 6) is 0.197. The maximum atomic E-state index is 12.6. The van der Waals surface area contributed by atoms with Crippen LogP contribution in [0.25, 0.3) is 11.0 Å². The second-order valence-electron chi connectivity index (χ2n) is 6.62. The first-order valence-corrected chi connectivity index (χ1v) is 8.79. The Bertz CT molecular complexity index is 865. The van der Waals surface area contributed by atoms with E-state index in [1.807, 2.05) is 24.4 Å². The van der Waals surface area contributed by atoms with Crippen LogP contribution in [0.15, 0.2) is 54.9 Å². The minimum absolute atomic E-state index is 0. The largest absolute Gasteiger partial charge is 0.412 e. The lowest BCUT2D eigenvalue weighted by molar-refractivity contribution is -0.121. The van der Waals surface area contributed by atoms with E-state index in [-0.39, 0.29) is 42.1 Å². The first-order chi connectivity index (χ1) is 12.3. The van der Waals surface area contributed by atoms with E-state index in [1.165, 1.54) is 5.56 Å². The van der Waals surface area contributed by atoms with Gasteiger partial charge in [-0.1, -0.05) is 30.3 Å². The highest BCUT2D eigenvalue weighted by Gasteiger charge is 2.25. The number of amides is 1. The van der Waals surface area contributed by atoms with Crippen LogP contribution in [-0.4, -0.2) is 39.3 Å². The van der Waals surface area contributed by atoms with Crippen LogP contribution in [0.2, 0.25) is 0 Å². The summed E-state index contributed by atoms with van der Waals surface area (Å²) in [7, 11) is 0. The van der Waals surface area contributed by atoms with Gasteiger partial charge >= 0.3 is 0 Å². The zero-order valence-corrected chi connectivity index (χ0v) is 17.1. The highest BCUT2D eigenvalue weighted by Crippen LogP contribution is 2.24. The van der Waals surface area contributed by atoms with Crippen LogP contribution in [0.3, 0.4) is 0 Å². The van der Waals surface area contributed by atoms with Crippen LogP contribution in [0.5, 0.6) is 0 Å². The van der Waals surface area contributed by atoms with Gasteiger partial charge in [-0.2, -0.15) is 0 Å². The highest BCUT2D eigenvalue weighted by molar-refractivity contribution is 6.00. The van der Waals surface area contributed by atoms with Crippen LogP contribution in [0, 0.1) is 5.92 Å². The van der Waals surface area contributed by atoms with Gasteiger partial charge in [-0.15, -0.1) is 24.8 Å². The number of likely N-dealkylation sites (tertiary alicyclic amines) is 1. The van der Waals surface area contributed by atoms with Crippen molar-refractivity contribution in [3.05, 3.63) is 60.4 Å². The van der Waals surface area contributed by atoms with E-state index in [1.54, 1.807) is 6.20 Å². The first kappa shape index (κ1) is 23.9. The van der Waals surface area contributed by atoms with Gasteiger partial charge in [-0.25, -0.2) is 4.98 Å². The second-order valence-corrected chi connectivity index (χ2v) is 6.62. The predicted molar refractivity (Wildman–Crippen MR) is 117 cm³/mol. The van der Waals surface area contributed by atoms with Crippen LogP contribution in [0.4, 0.5) is 5.69 Å². The summed E-state index contributed by atoms with van der Waals surface area (Å²) in [5, 5.41) is 4.04. The molecule has 1 fully saturated rings. The van der Waals surface area contributed by atoms with Gasteiger partial charge in [0.2, 0.25) is 5.91 Å². The molecule has 4 rings (SSSR count). The quantitative estimate of drug-likeness (QED) is 0.671. The van der Waals surface area contributed by atoms with Gasteiger partial charge in [0.15, 0.2) is 0 Å². The zero-order valence-electron chi connectivity index (χ0n) is 15.4. The van der Waals surface area contributed by atoms with Crippen LogP contribution in [-0.2, 0) is 11.3 Å². The number of pyridine rings is 1. The third kappa shape index (κ3) is 5.45. The van der Waals surface area contributed by atoms with Gasteiger partial charge in [-0.3, -0.25) is 9.69 Å². The van der Waals surface area contributed by atoms with Crippen molar-refractivity contribution in [3.63, 3.8) is 0 Å². The van der Waals surface area contributed by atoms with Crippen molar-refractivity contribution < 1.29 is 10.3 Å². The minimum atomic E-state index is 0. The Kier molecular flexibility index (Phi) is 9.41. The lowest BCUT2D eigenvalue weighted by Crippen LogP contribution is -2.37. The molecule has 4 N–H and O–H groups in total. The number of aromatic amines is 1. The number of nitrogens with one attached hydrogen (secondary N) is 2. The maximum Gasteiger partial charge on any atom is 0.227 e. The molecule has 0 aliphatic carbocycles. The summed E-state index contributed by atoms with van der Waals surface area (Å²) in [6.45, 7) is 2.88. The number of benzene rings is 1. The SMILES string of the molecule is Cl.Cl.O.O=C(Nc1ccnc2[nH]ccc12)C1CCN(Cc2ccccc2)CC1. The molecular weight excluding hydrogens is 399 g/mol. The Balaban J connectivity index is 0.00000131. The molecule has 3 heterocycles.